The second-order valence-electron chi connectivity index (χ2n) is 4.03. The maximum absolute atomic E-state index is 3.16. The van der Waals surface area contributed by atoms with Crippen LogP contribution in [0.4, 0.5) is 0 Å². The van der Waals surface area contributed by atoms with Gasteiger partial charge in [0, 0.05) is 6.42 Å². The number of hydrogen-bond acceptors (Lipinski definition) is 0. The third kappa shape index (κ3) is 13.3. The number of hydrogen-bond donors (Lipinski definition) is 0. The van der Waals surface area contributed by atoms with E-state index < -0.39 is 0 Å². The molecule has 0 aliphatic heterocycles. The van der Waals surface area contributed by atoms with Crippen molar-refractivity contribution in [2.45, 2.75) is 71.6 Å². The van der Waals surface area contributed by atoms with Gasteiger partial charge in [-0.05, 0) is 25.3 Å². The number of rotatable bonds is 8. The first-order valence-electron chi connectivity index (χ1n) is 6.55. The molecule has 0 atom stereocenters. The molecule has 0 aromatic carbocycles. The molecule has 0 aromatic rings. The quantitative estimate of drug-likeness (QED) is 0.383. The summed E-state index contributed by atoms with van der Waals surface area (Å²) in [4.78, 5) is 0. The molecule has 0 aliphatic rings. The molecule has 0 N–H and O–H groups in total. The van der Waals surface area contributed by atoms with E-state index in [9.17, 15) is 0 Å². The van der Waals surface area contributed by atoms with E-state index in [-0.39, 0.29) is 0 Å². The number of allylic oxidation sites excluding steroid dienone is 2. The molecular weight excluding hydrogens is 180 g/mol. The topological polar surface area (TPSA) is 0 Å². The van der Waals surface area contributed by atoms with E-state index in [1.54, 1.807) is 0 Å². The lowest BCUT2D eigenvalue weighted by Crippen LogP contribution is -1.75. The second-order valence-corrected chi connectivity index (χ2v) is 4.03. The minimum atomic E-state index is 1.05. The van der Waals surface area contributed by atoms with Crippen LogP contribution < -0.4 is 0 Å². The van der Waals surface area contributed by atoms with E-state index in [0.717, 1.165) is 6.42 Å². The second kappa shape index (κ2) is 13.3. The van der Waals surface area contributed by atoms with Crippen molar-refractivity contribution in [3.63, 3.8) is 0 Å². The molecule has 0 spiro atoms. The molecule has 0 heterocycles. The largest absolute Gasteiger partial charge is 0.0985 e. The van der Waals surface area contributed by atoms with Crippen LogP contribution in [0, 0.1) is 11.8 Å². The fraction of sp³-hybridized carbons (Fsp3) is 0.733. The van der Waals surface area contributed by atoms with E-state index in [4.69, 9.17) is 0 Å². The molecule has 0 aliphatic carbocycles. The van der Waals surface area contributed by atoms with Crippen LogP contribution in [-0.2, 0) is 0 Å². The molecular formula is C15H26. The van der Waals surface area contributed by atoms with Gasteiger partial charge in [-0.1, -0.05) is 63.9 Å². The Morgan fingerprint density at radius 1 is 0.867 bits per heavy atom. The minimum absolute atomic E-state index is 1.05. The first-order valence-corrected chi connectivity index (χ1v) is 6.55. The van der Waals surface area contributed by atoms with Crippen LogP contribution in [0.2, 0.25) is 0 Å². The predicted molar refractivity (Wildman–Crippen MR) is 69.8 cm³/mol. The molecule has 0 radical (unpaired) electrons. The molecule has 0 amide bonds. The van der Waals surface area contributed by atoms with Crippen LogP contribution in [0.25, 0.3) is 0 Å². The van der Waals surface area contributed by atoms with Gasteiger partial charge in [0.05, 0.1) is 0 Å². The lowest BCUT2D eigenvalue weighted by Gasteiger charge is -1.95. The van der Waals surface area contributed by atoms with Crippen LogP contribution >= 0.6 is 0 Å². The molecule has 0 nitrogen and oxygen atoms in total. The van der Waals surface area contributed by atoms with E-state index in [2.05, 4.69) is 31.8 Å². The van der Waals surface area contributed by atoms with Gasteiger partial charge in [-0.25, -0.2) is 0 Å². The highest BCUT2D eigenvalue weighted by Crippen LogP contribution is 2.04. The summed E-state index contributed by atoms with van der Waals surface area (Å²) in [5.41, 5.74) is 0. The van der Waals surface area contributed by atoms with Gasteiger partial charge in [-0.2, -0.15) is 0 Å². The Labute approximate surface area is 96.2 Å². The van der Waals surface area contributed by atoms with Gasteiger partial charge < -0.3 is 0 Å². The molecule has 15 heavy (non-hydrogen) atoms. The Morgan fingerprint density at radius 3 is 2.33 bits per heavy atom. The van der Waals surface area contributed by atoms with Gasteiger partial charge in [0.1, 0.15) is 0 Å². The molecule has 0 saturated heterocycles. The van der Waals surface area contributed by atoms with Crippen molar-refractivity contribution in [3.8, 4) is 11.8 Å². The zero-order valence-electron chi connectivity index (χ0n) is 10.5. The maximum Gasteiger partial charge on any atom is 0.00921 e. The third-order valence-corrected chi connectivity index (χ3v) is 2.43. The van der Waals surface area contributed by atoms with Crippen molar-refractivity contribution >= 4 is 0 Å². The highest BCUT2D eigenvalue weighted by atomic mass is 13.9. The Kier molecular flexibility index (Phi) is 12.7. The van der Waals surface area contributed by atoms with Crippen molar-refractivity contribution in [2.75, 3.05) is 0 Å². The van der Waals surface area contributed by atoms with Gasteiger partial charge >= 0.3 is 0 Å². The molecule has 0 aromatic heterocycles. The van der Waals surface area contributed by atoms with E-state index in [0.29, 0.717) is 0 Å². The highest BCUT2D eigenvalue weighted by Gasteiger charge is 1.85. The van der Waals surface area contributed by atoms with Crippen LogP contribution in [0.3, 0.4) is 0 Å². The summed E-state index contributed by atoms with van der Waals surface area (Å²) in [6.45, 7) is 4.46. The summed E-state index contributed by atoms with van der Waals surface area (Å²) in [6, 6.07) is 0. The van der Waals surface area contributed by atoms with Crippen molar-refractivity contribution in [1.29, 1.82) is 0 Å². The zero-order valence-corrected chi connectivity index (χ0v) is 10.5. The Morgan fingerprint density at radius 2 is 1.60 bits per heavy atom. The Balaban J connectivity index is 3.18. The van der Waals surface area contributed by atoms with Gasteiger partial charge in [-0.15, -0.1) is 0 Å². The summed E-state index contributed by atoms with van der Waals surface area (Å²) >= 11 is 0. The van der Waals surface area contributed by atoms with Crippen molar-refractivity contribution in [1.82, 2.24) is 0 Å². The summed E-state index contributed by atoms with van der Waals surface area (Å²) in [7, 11) is 0. The minimum Gasteiger partial charge on any atom is -0.0985 e. The lowest BCUT2D eigenvalue weighted by molar-refractivity contribution is 0.637. The Bertz CT molecular complexity index is 190. The first kappa shape index (κ1) is 14.3. The number of unbranched alkanes of at least 4 members (excludes halogenated alkanes) is 7. The zero-order chi connectivity index (χ0) is 11.2. The van der Waals surface area contributed by atoms with Gasteiger partial charge in [0.15, 0.2) is 0 Å². The molecule has 86 valence electrons. The molecule has 0 heteroatoms. The van der Waals surface area contributed by atoms with Crippen molar-refractivity contribution < 1.29 is 0 Å². The van der Waals surface area contributed by atoms with Gasteiger partial charge in [-0.3, -0.25) is 0 Å². The molecule has 0 fully saturated rings. The molecule has 0 unspecified atom stereocenters. The van der Waals surface area contributed by atoms with E-state index in [1.165, 1.54) is 51.4 Å². The third-order valence-electron chi connectivity index (χ3n) is 2.43. The van der Waals surface area contributed by atoms with Crippen LogP contribution in [0.1, 0.15) is 71.6 Å². The Hall–Kier alpha value is -0.700. The van der Waals surface area contributed by atoms with Gasteiger partial charge in [0.2, 0.25) is 0 Å². The highest BCUT2D eigenvalue weighted by molar-refractivity contribution is 5.14. The van der Waals surface area contributed by atoms with E-state index >= 15 is 0 Å². The van der Waals surface area contributed by atoms with Gasteiger partial charge in [0.25, 0.3) is 0 Å². The molecule has 0 rings (SSSR count). The normalized spacial score (nSPS) is 10.3. The standard InChI is InChI=1S/C15H26/c1-3-5-7-9-11-13-15-14-12-10-8-6-4-2/h14-15H,3-9,11,13H2,1-2H3. The first-order chi connectivity index (χ1) is 7.41. The average Bonchev–Trinajstić information content (AvgIpc) is 2.26. The fourth-order valence-corrected chi connectivity index (χ4v) is 1.40. The summed E-state index contributed by atoms with van der Waals surface area (Å²) in [6.07, 6.45) is 15.8. The molecule has 0 bridgehead atoms. The van der Waals surface area contributed by atoms with E-state index in [1.807, 2.05) is 6.08 Å². The smallest absolute Gasteiger partial charge is 0.00921 e. The van der Waals surface area contributed by atoms with Crippen LogP contribution in [0.5, 0.6) is 0 Å². The summed E-state index contributed by atoms with van der Waals surface area (Å²) < 4.78 is 0. The monoisotopic (exact) mass is 206 g/mol. The SMILES string of the molecule is CCCCC#CC=CCCCCCCC. The van der Waals surface area contributed by atoms with Crippen LogP contribution in [0.15, 0.2) is 12.2 Å². The summed E-state index contributed by atoms with van der Waals surface area (Å²) in [5.74, 6) is 6.25. The average molecular weight is 206 g/mol. The fourth-order valence-electron chi connectivity index (χ4n) is 1.40. The maximum atomic E-state index is 3.16. The lowest BCUT2D eigenvalue weighted by atomic mass is 10.1. The molecule has 0 saturated carbocycles. The van der Waals surface area contributed by atoms with Crippen molar-refractivity contribution in [2.24, 2.45) is 0 Å². The predicted octanol–water partition coefficient (Wildman–Crippen LogP) is 5.10. The van der Waals surface area contributed by atoms with Crippen LogP contribution in [-0.4, -0.2) is 0 Å². The summed E-state index contributed by atoms with van der Waals surface area (Å²) in [5, 5.41) is 0. The van der Waals surface area contributed by atoms with Crippen molar-refractivity contribution in [3.05, 3.63) is 12.2 Å².